The average Bonchev–Trinajstić information content (AvgIpc) is 2.47. The summed E-state index contributed by atoms with van der Waals surface area (Å²) >= 11 is 0. The van der Waals surface area contributed by atoms with Crippen LogP contribution >= 0.6 is 0 Å². The Hall–Kier alpha value is -1.06. The molecule has 0 radical (unpaired) electrons. The molecule has 0 amide bonds. The fourth-order valence-corrected chi connectivity index (χ4v) is 2.42. The van der Waals surface area contributed by atoms with E-state index in [1.54, 1.807) is 7.11 Å². The lowest BCUT2D eigenvalue weighted by atomic mass is 10.0. The first-order valence-corrected chi connectivity index (χ1v) is 7.67. The zero-order chi connectivity index (χ0) is 15.0. The van der Waals surface area contributed by atoms with Crippen LogP contribution in [0.25, 0.3) is 0 Å². The summed E-state index contributed by atoms with van der Waals surface area (Å²) in [4.78, 5) is 2.41. The molecule has 3 heteroatoms. The van der Waals surface area contributed by atoms with Crippen molar-refractivity contribution in [3.8, 4) is 5.75 Å². The summed E-state index contributed by atoms with van der Waals surface area (Å²) in [6, 6.07) is 5.87. The molecule has 0 aliphatic rings. The Morgan fingerprint density at radius 2 is 2.00 bits per heavy atom. The number of hydrogen-bond donors (Lipinski definition) is 1. The van der Waals surface area contributed by atoms with E-state index in [0.29, 0.717) is 0 Å². The summed E-state index contributed by atoms with van der Waals surface area (Å²) in [5, 5.41) is 10.4. The van der Waals surface area contributed by atoms with Gasteiger partial charge in [-0.1, -0.05) is 26.3 Å². The van der Waals surface area contributed by atoms with Crippen molar-refractivity contribution in [2.24, 2.45) is 0 Å². The third kappa shape index (κ3) is 5.14. The van der Waals surface area contributed by atoms with Crippen molar-refractivity contribution in [3.63, 3.8) is 0 Å². The Labute approximate surface area is 123 Å². The van der Waals surface area contributed by atoms with Crippen LogP contribution in [0.4, 0.5) is 0 Å². The molecule has 20 heavy (non-hydrogen) atoms. The van der Waals surface area contributed by atoms with Crippen LogP contribution in [-0.4, -0.2) is 36.8 Å². The highest BCUT2D eigenvalue weighted by atomic mass is 16.5. The van der Waals surface area contributed by atoms with Crippen molar-refractivity contribution in [2.45, 2.75) is 46.1 Å². The minimum absolute atomic E-state index is 0.392. The molecule has 1 unspecified atom stereocenters. The first kappa shape index (κ1) is 17.0. The summed E-state index contributed by atoms with van der Waals surface area (Å²) in [5.74, 6) is 0.844. The number of benzene rings is 1. The van der Waals surface area contributed by atoms with Crippen molar-refractivity contribution in [1.82, 2.24) is 4.90 Å². The normalized spacial score (nSPS) is 12.7. The highest BCUT2D eigenvalue weighted by Gasteiger charge is 2.12. The van der Waals surface area contributed by atoms with Gasteiger partial charge in [0.25, 0.3) is 0 Å². The van der Waals surface area contributed by atoms with E-state index in [4.69, 9.17) is 4.74 Å². The van der Waals surface area contributed by atoms with E-state index in [9.17, 15) is 5.11 Å². The molecule has 1 aromatic rings. The van der Waals surface area contributed by atoms with Gasteiger partial charge >= 0.3 is 0 Å². The van der Waals surface area contributed by atoms with Crippen molar-refractivity contribution in [1.29, 1.82) is 0 Å². The summed E-state index contributed by atoms with van der Waals surface area (Å²) in [5.41, 5.74) is 2.10. The van der Waals surface area contributed by atoms with Gasteiger partial charge in [0.15, 0.2) is 0 Å². The number of hydrogen-bond acceptors (Lipinski definition) is 3. The number of aryl methyl sites for hydroxylation is 1. The van der Waals surface area contributed by atoms with Crippen molar-refractivity contribution >= 4 is 0 Å². The highest BCUT2D eigenvalue weighted by Crippen LogP contribution is 2.24. The van der Waals surface area contributed by atoms with E-state index in [1.807, 2.05) is 25.1 Å². The molecular weight excluding hydrogens is 250 g/mol. The SMILES string of the molecule is CCCCN(CC)CCC(O)c1ccc(OC)cc1C. The minimum Gasteiger partial charge on any atom is -0.497 e. The Kier molecular flexibility index (Phi) is 7.63. The van der Waals surface area contributed by atoms with Crippen LogP contribution in [0.1, 0.15) is 50.3 Å². The van der Waals surface area contributed by atoms with Crippen LogP contribution in [0.5, 0.6) is 5.75 Å². The van der Waals surface area contributed by atoms with Crippen LogP contribution in [0.15, 0.2) is 18.2 Å². The van der Waals surface area contributed by atoms with Gasteiger partial charge in [0.1, 0.15) is 5.75 Å². The van der Waals surface area contributed by atoms with Crippen molar-refractivity contribution < 1.29 is 9.84 Å². The Morgan fingerprint density at radius 3 is 2.55 bits per heavy atom. The maximum Gasteiger partial charge on any atom is 0.119 e. The van der Waals surface area contributed by atoms with Gasteiger partial charge in [-0.05, 0) is 56.1 Å². The minimum atomic E-state index is -0.392. The topological polar surface area (TPSA) is 32.7 Å². The smallest absolute Gasteiger partial charge is 0.119 e. The second-order valence-corrected chi connectivity index (χ2v) is 5.31. The van der Waals surface area contributed by atoms with E-state index in [0.717, 1.165) is 42.9 Å². The molecule has 1 N–H and O–H groups in total. The molecule has 0 aliphatic carbocycles. The van der Waals surface area contributed by atoms with Crippen LogP contribution in [0.3, 0.4) is 0 Å². The predicted molar refractivity (Wildman–Crippen MR) is 84.3 cm³/mol. The largest absolute Gasteiger partial charge is 0.497 e. The monoisotopic (exact) mass is 279 g/mol. The fourth-order valence-electron chi connectivity index (χ4n) is 2.42. The lowest BCUT2D eigenvalue weighted by molar-refractivity contribution is 0.142. The van der Waals surface area contributed by atoms with Crippen LogP contribution in [-0.2, 0) is 0 Å². The second-order valence-electron chi connectivity index (χ2n) is 5.31. The molecule has 0 heterocycles. The van der Waals surface area contributed by atoms with E-state index in [-0.39, 0.29) is 0 Å². The van der Waals surface area contributed by atoms with Crippen LogP contribution in [0.2, 0.25) is 0 Å². The molecule has 1 rings (SSSR count). The second kappa shape index (κ2) is 8.98. The summed E-state index contributed by atoms with van der Waals surface area (Å²) in [6.45, 7) is 9.54. The van der Waals surface area contributed by atoms with Crippen LogP contribution < -0.4 is 4.74 Å². The zero-order valence-electron chi connectivity index (χ0n) is 13.4. The van der Waals surface area contributed by atoms with Gasteiger partial charge in [-0.2, -0.15) is 0 Å². The van der Waals surface area contributed by atoms with Gasteiger partial charge in [0, 0.05) is 6.54 Å². The number of aliphatic hydroxyl groups is 1. The molecule has 0 saturated carbocycles. The molecule has 0 spiro atoms. The summed E-state index contributed by atoms with van der Waals surface area (Å²) in [6.07, 6.45) is 2.84. The molecule has 1 atom stereocenters. The Balaban J connectivity index is 2.55. The maximum atomic E-state index is 10.4. The lowest BCUT2D eigenvalue weighted by Crippen LogP contribution is -2.26. The van der Waals surface area contributed by atoms with Gasteiger partial charge in [-0.25, -0.2) is 0 Å². The van der Waals surface area contributed by atoms with Crippen LogP contribution in [0, 0.1) is 6.92 Å². The standard InChI is InChI=1S/C17H29NO2/c1-5-7-11-18(6-2)12-10-17(19)16-9-8-15(20-4)13-14(16)3/h8-9,13,17,19H,5-7,10-12H2,1-4H3. The number of ether oxygens (including phenoxy) is 1. The number of aliphatic hydroxyl groups excluding tert-OH is 1. The number of rotatable bonds is 9. The molecule has 0 aromatic heterocycles. The van der Waals surface area contributed by atoms with E-state index < -0.39 is 6.10 Å². The van der Waals surface area contributed by atoms with E-state index in [1.165, 1.54) is 12.8 Å². The highest BCUT2D eigenvalue weighted by molar-refractivity contribution is 5.35. The van der Waals surface area contributed by atoms with E-state index >= 15 is 0 Å². The van der Waals surface area contributed by atoms with Gasteiger partial charge in [0.05, 0.1) is 13.2 Å². The van der Waals surface area contributed by atoms with Crippen molar-refractivity contribution in [3.05, 3.63) is 29.3 Å². The molecule has 0 aliphatic heterocycles. The average molecular weight is 279 g/mol. The Bertz CT molecular complexity index is 393. The third-order valence-electron chi connectivity index (χ3n) is 3.83. The van der Waals surface area contributed by atoms with Gasteiger partial charge in [-0.15, -0.1) is 0 Å². The molecule has 3 nitrogen and oxygen atoms in total. The molecule has 0 fully saturated rings. The number of methoxy groups -OCH3 is 1. The number of unbranched alkanes of at least 4 members (excludes halogenated alkanes) is 1. The molecule has 114 valence electrons. The first-order valence-electron chi connectivity index (χ1n) is 7.67. The zero-order valence-corrected chi connectivity index (χ0v) is 13.4. The Morgan fingerprint density at radius 1 is 1.25 bits per heavy atom. The van der Waals surface area contributed by atoms with Gasteiger partial charge in [-0.3, -0.25) is 0 Å². The lowest BCUT2D eigenvalue weighted by Gasteiger charge is -2.22. The molecular formula is C17H29NO2. The first-order chi connectivity index (χ1) is 9.62. The predicted octanol–water partition coefficient (Wildman–Crippen LogP) is 3.55. The number of nitrogens with zero attached hydrogens (tertiary/aromatic N) is 1. The van der Waals surface area contributed by atoms with E-state index in [2.05, 4.69) is 18.7 Å². The van der Waals surface area contributed by atoms with Gasteiger partial charge in [0.2, 0.25) is 0 Å². The van der Waals surface area contributed by atoms with Crippen molar-refractivity contribution in [2.75, 3.05) is 26.7 Å². The molecule has 0 saturated heterocycles. The molecule has 1 aromatic carbocycles. The van der Waals surface area contributed by atoms with Gasteiger partial charge < -0.3 is 14.7 Å². The fraction of sp³-hybridized carbons (Fsp3) is 0.647. The summed E-state index contributed by atoms with van der Waals surface area (Å²) < 4.78 is 5.20. The molecule has 0 bridgehead atoms. The quantitative estimate of drug-likeness (QED) is 0.750. The third-order valence-corrected chi connectivity index (χ3v) is 3.83. The maximum absolute atomic E-state index is 10.4. The summed E-state index contributed by atoms with van der Waals surface area (Å²) in [7, 11) is 1.66.